The largest absolute Gasteiger partial charge is 0.336 e. The number of anilines is 1. The van der Waals surface area contributed by atoms with Crippen LogP contribution in [-0.2, 0) is 4.79 Å². The van der Waals surface area contributed by atoms with Gasteiger partial charge >= 0.3 is 0 Å². The molecule has 1 fully saturated rings. The summed E-state index contributed by atoms with van der Waals surface area (Å²) in [7, 11) is 2.01. The van der Waals surface area contributed by atoms with Crippen molar-refractivity contribution in [2.45, 2.75) is 0 Å². The van der Waals surface area contributed by atoms with Crippen LogP contribution in [0.4, 0.5) is 5.69 Å². The molecular formula is C29H25N5O3S. The second-order valence-corrected chi connectivity index (χ2v) is 10.3. The summed E-state index contributed by atoms with van der Waals surface area (Å²) in [6, 6.07) is 18.9. The van der Waals surface area contributed by atoms with Gasteiger partial charge in [-0.15, -0.1) is 11.3 Å². The highest BCUT2D eigenvalue weighted by molar-refractivity contribution is 7.13. The highest BCUT2D eigenvalue weighted by atomic mass is 32.1. The number of benzene rings is 2. The van der Waals surface area contributed by atoms with Gasteiger partial charge in [-0.05, 0) is 37.4 Å². The summed E-state index contributed by atoms with van der Waals surface area (Å²) in [5.41, 5.74) is 4.75. The second-order valence-electron chi connectivity index (χ2n) is 9.43. The number of H-pyrrole nitrogens is 1. The number of thiazole rings is 1. The predicted molar refractivity (Wildman–Crippen MR) is 150 cm³/mol. The SMILES string of the molecule is CN1CCN(C(=O)c2ccc(/C=C3\C(=O)Nc4ccc(-c5csc(-c6ccccc6)n5)cc43)[nH]c2=O)CC1. The Morgan fingerprint density at radius 2 is 1.76 bits per heavy atom. The minimum Gasteiger partial charge on any atom is -0.336 e. The number of nitrogens with zero attached hydrogens (tertiary/aromatic N) is 3. The highest BCUT2D eigenvalue weighted by Crippen LogP contribution is 2.37. The Kier molecular flexibility index (Phi) is 6.22. The number of carbonyl (C=O) groups excluding carboxylic acids is 2. The number of fused-ring (bicyclic) bond motifs is 1. The van der Waals surface area contributed by atoms with Crippen LogP contribution in [0.15, 0.2) is 70.8 Å². The minimum absolute atomic E-state index is 0.105. The van der Waals surface area contributed by atoms with E-state index in [-0.39, 0.29) is 17.4 Å². The van der Waals surface area contributed by atoms with Crippen LogP contribution in [-0.4, -0.2) is 64.8 Å². The number of aromatic amines is 1. The fourth-order valence-electron chi connectivity index (χ4n) is 4.69. The lowest BCUT2D eigenvalue weighted by atomic mass is 10.0. The molecule has 6 rings (SSSR count). The molecule has 0 radical (unpaired) electrons. The van der Waals surface area contributed by atoms with Crippen LogP contribution in [0.5, 0.6) is 0 Å². The zero-order chi connectivity index (χ0) is 26.2. The quantitative estimate of drug-likeness (QED) is 0.394. The van der Waals surface area contributed by atoms with Gasteiger partial charge in [0.05, 0.1) is 11.3 Å². The molecule has 2 aromatic heterocycles. The molecule has 2 amide bonds. The van der Waals surface area contributed by atoms with Crippen LogP contribution >= 0.6 is 11.3 Å². The van der Waals surface area contributed by atoms with Gasteiger partial charge in [0, 0.05) is 59.6 Å². The summed E-state index contributed by atoms with van der Waals surface area (Å²) >= 11 is 1.57. The fourth-order valence-corrected chi connectivity index (χ4v) is 5.52. The lowest BCUT2D eigenvalue weighted by Crippen LogP contribution is -2.48. The number of pyridine rings is 1. The Labute approximate surface area is 223 Å². The maximum Gasteiger partial charge on any atom is 0.261 e. The lowest BCUT2D eigenvalue weighted by molar-refractivity contribution is -0.110. The number of rotatable bonds is 4. The first-order chi connectivity index (χ1) is 18.5. The Balaban J connectivity index is 1.28. The van der Waals surface area contributed by atoms with Crippen LogP contribution in [0.1, 0.15) is 21.6 Å². The van der Waals surface area contributed by atoms with E-state index in [9.17, 15) is 14.4 Å². The zero-order valence-electron chi connectivity index (χ0n) is 20.7. The molecule has 2 aromatic carbocycles. The molecule has 0 spiro atoms. The van der Waals surface area contributed by atoms with E-state index in [4.69, 9.17) is 4.98 Å². The third-order valence-electron chi connectivity index (χ3n) is 6.88. The fraction of sp³-hybridized carbons (Fsp3) is 0.172. The Hall–Kier alpha value is -4.34. The average molecular weight is 524 g/mol. The van der Waals surface area contributed by atoms with Crippen molar-refractivity contribution in [3.8, 4) is 21.8 Å². The van der Waals surface area contributed by atoms with Gasteiger partial charge in [0.2, 0.25) is 0 Å². The number of aromatic nitrogens is 2. The molecule has 190 valence electrons. The molecule has 38 heavy (non-hydrogen) atoms. The molecule has 2 N–H and O–H groups in total. The lowest BCUT2D eigenvalue weighted by Gasteiger charge is -2.32. The van der Waals surface area contributed by atoms with Crippen molar-refractivity contribution < 1.29 is 9.59 Å². The van der Waals surface area contributed by atoms with Crippen LogP contribution in [0.25, 0.3) is 33.5 Å². The van der Waals surface area contributed by atoms with E-state index in [0.717, 1.165) is 40.5 Å². The molecule has 2 aliphatic heterocycles. The predicted octanol–water partition coefficient (Wildman–Crippen LogP) is 4.05. The molecule has 0 saturated carbocycles. The normalized spacial score (nSPS) is 16.5. The average Bonchev–Trinajstić information content (AvgIpc) is 3.54. The van der Waals surface area contributed by atoms with E-state index in [1.54, 1.807) is 28.4 Å². The molecule has 4 aromatic rings. The third-order valence-corrected chi connectivity index (χ3v) is 7.77. The topological polar surface area (TPSA) is 98.4 Å². The van der Waals surface area contributed by atoms with Crippen LogP contribution in [0, 0.1) is 0 Å². The van der Waals surface area contributed by atoms with Crippen LogP contribution < -0.4 is 10.9 Å². The summed E-state index contributed by atoms with van der Waals surface area (Å²) in [6.45, 7) is 2.73. The van der Waals surface area contributed by atoms with Gasteiger partial charge in [-0.25, -0.2) is 4.98 Å². The number of hydrogen-bond acceptors (Lipinski definition) is 6. The molecule has 4 heterocycles. The first kappa shape index (κ1) is 24.0. The maximum atomic E-state index is 12.9. The molecular weight excluding hydrogens is 498 g/mol. The van der Waals surface area contributed by atoms with Crippen molar-refractivity contribution >= 4 is 40.5 Å². The van der Waals surface area contributed by atoms with Gasteiger partial charge in [-0.3, -0.25) is 14.4 Å². The molecule has 9 heteroatoms. The Morgan fingerprint density at radius 3 is 2.53 bits per heavy atom. The van der Waals surface area contributed by atoms with Crippen molar-refractivity contribution in [3.63, 3.8) is 0 Å². The van der Waals surface area contributed by atoms with Crippen molar-refractivity contribution in [1.29, 1.82) is 0 Å². The molecule has 2 aliphatic rings. The van der Waals surface area contributed by atoms with Gasteiger partial charge in [0.25, 0.3) is 17.4 Å². The van der Waals surface area contributed by atoms with Gasteiger partial charge in [-0.1, -0.05) is 36.4 Å². The standard InChI is InChI=1S/C29H25N5O3S/c1-33-11-13-34(14-12-33)29(37)21-9-8-20(30-26(21)35)16-23-22-15-19(7-10-24(22)31-27(23)36)25-17-38-28(32-25)18-5-3-2-4-6-18/h2-10,15-17H,11-14H2,1H3,(H,30,35)(H,31,36)/b23-16-. The Morgan fingerprint density at radius 1 is 0.974 bits per heavy atom. The van der Waals surface area contributed by atoms with Gasteiger partial charge in [-0.2, -0.15) is 0 Å². The monoisotopic (exact) mass is 523 g/mol. The first-order valence-electron chi connectivity index (χ1n) is 12.4. The summed E-state index contributed by atoms with van der Waals surface area (Å²) in [6.07, 6.45) is 1.65. The van der Waals surface area contributed by atoms with Crippen molar-refractivity contribution in [2.75, 3.05) is 38.5 Å². The molecule has 0 unspecified atom stereocenters. The van der Waals surface area contributed by atoms with E-state index in [1.165, 1.54) is 6.07 Å². The number of likely N-dealkylation sites (N-methyl/N-ethyl adjacent to an activating group) is 1. The molecule has 1 saturated heterocycles. The summed E-state index contributed by atoms with van der Waals surface area (Å²) in [5.74, 6) is -0.524. The minimum atomic E-state index is -0.466. The first-order valence-corrected chi connectivity index (χ1v) is 13.2. The summed E-state index contributed by atoms with van der Waals surface area (Å²) < 4.78 is 0. The zero-order valence-corrected chi connectivity index (χ0v) is 21.5. The number of piperazine rings is 1. The summed E-state index contributed by atoms with van der Waals surface area (Å²) in [5, 5.41) is 5.82. The number of amides is 2. The molecule has 0 bridgehead atoms. The van der Waals surface area contributed by atoms with Crippen molar-refractivity contribution in [2.24, 2.45) is 0 Å². The third kappa shape index (κ3) is 4.57. The van der Waals surface area contributed by atoms with E-state index in [1.807, 2.05) is 61.0 Å². The molecule has 8 nitrogen and oxygen atoms in total. The second kappa shape index (κ2) is 9.85. The highest BCUT2D eigenvalue weighted by Gasteiger charge is 2.26. The molecule has 0 atom stereocenters. The number of carbonyl (C=O) groups is 2. The van der Waals surface area contributed by atoms with Gasteiger partial charge in [0.1, 0.15) is 10.6 Å². The van der Waals surface area contributed by atoms with Gasteiger partial charge < -0.3 is 20.1 Å². The van der Waals surface area contributed by atoms with E-state index in [2.05, 4.69) is 15.2 Å². The van der Waals surface area contributed by atoms with E-state index < -0.39 is 5.56 Å². The smallest absolute Gasteiger partial charge is 0.261 e. The van der Waals surface area contributed by atoms with E-state index >= 15 is 0 Å². The van der Waals surface area contributed by atoms with Crippen LogP contribution in [0.3, 0.4) is 0 Å². The Bertz CT molecular complexity index is 1630. The van der Waals surface area contributed by atoms with Crippen molar-refractivity contribution in [1.82, 2.24) is 19.8 Å². The molecule has 0 aliphatic carbocycles. The number of nitrogens with one attached hydrogen (secondary N) is 2. The van der Waals surface area contributed by atoms with Crippen LogP contribution in [0.2, 0.25) is 0 Å². The van der Waals surface area contributed by atoms with E-state index in [0.29, 0.717) is 30.0 Å². The van der Waals surface area contributed by atoms with Gasteiger partial charge in [0.15, 0.2) is 0 Å². The van der Waals surface area contributed by atoms with Crippen molar-refractivity contribution in [3.05, 3.63) is 93.2 Å². The maximum absolute atomic E-state index is 12.9. The number of hydrogen-bond donors (Lipinski definition) is 2. The summed E-state index contributed by atoms with van der Waals surface area (Å²) in [4.78, 5) is 49.9.